The van der Waals surface area contributed by atoms with Crippen LogP contribution in [0.15, 0.2) is 84.3 Å². The van der Waals surface area contributed by atoms with Crippen LogP contribution in [0.2, 0.25) is 0 Å². The molecule has 0 bridgehead atoms. The first-order valence-electron chi connectivity index (χ1n) is 7.73. The molecule has 112 valence electrons. The molecule has 0 unspecified atom stereocenters. The Bertz CT molecular complexity index is 627. The monoisotopic (exact) mass is 288 g/mol. The summed E-state index contributed by atoms with van der Waals surface area (Å²) in [5.41, 5.74) is 8.92. The Morgan fingerprint density at radius 1 is 0.591 bits per heavy atom. The Hall–Kier alpha value is -2.26. The first-order chi connectivity index (χ1) is 10.4. The van der Waals surface area contributed by atoms with Crippen molar-refractivity contribution in [1.29, 1.82) is 0 Å². The molecule has 0 saturated carbocycles. The highest BCUT2D eigenvalue weighted by Crippen LogP contribution is 2.25. The molecule has 0 radical (unpaired) electrons. The summed E-state index contributed by atoms with van der Waals surface area (Å²) in [6, 6.07) is 21.0. The standard InChI is InChI=1S/C22H24/c1-21(2,19-13-7-5-8-14-19)17-11-12-18-22(3,4)20-15-9-6-10-16-20/h5-10,13-18H,1-4H3. The summed E-state index contributed by atoms with van der Waals surface area (Å²) >= 11 is 0. The summed E-state index contributed by atoms with van der Waals surface area (Å²) in [5, 5.41) is 0. The zero-order valence-electron chi connectivity index (χ0n) is 13.9. The second-order valence-electron chi connectivity index (χ2n) is 6.75. The van der Waals surface area contributed by atoms with E-state index >= 15 is 0 Å². The number of allylic oxidation sites excluding steroid dienone is 2. The SMILES string of the molecule is CC(C)(C=C=C=CC(C)(C)c1ccccc1)c1ccccc1. The fraction of sp³-hybridized carbons (Fsp3) is 0.273. The molecule has 0 heterocycles. The Morgan fingerprint density at radius 2 is 0.909 bits per heavy atom. The fourth-order valence-electron chi connectivity index (χ4n) is 2.35. The number of hydrogen-bond acceptors (Lipinski definition) is 0. The van der Waals surface area contributed by atoms with Crippen LogP contribution in [-0.4, -0.2) is 0 Å². The van der Waals surface area contributed by atoms with E-state index in [0.29, 0.717) is 0 Å². The Balaban J connectivity index is 2.23. The van der Waals surface area contributed by atoms with Crippen molar-refractivity contribution in [2.75, 3.05) is 0 Å². The van der Waals surface area contributed by atoms with E-state index in [1.54, 1.807) is 0 Å². The van der Waals surface area contributed by atoms with Gasteiger partial charge in [-0.1, -0.05) is 99.8 Å². The number of benzene rings is 2. The zero-order valence-corrected chi connectivity index (χ0v) is 13.9. The van der Waals surface area contributed by atoms with Crippen LogP contribution in [0, 0.1) is 0 Å². The van der Waals surface area contributed by atoms with Crippen molar-refractivity contribution in [3.05, 3.63) is 95.4 Å². The molecular weight excluding hydrogens is 264 g/mol. The molecule has 0 spiro atoms. The minimum absolute atomic E-state index is 0.0427. The molecular formula is C22H24. The molecule has 0 heteroatoms. The van der Waals surface area contributed by atoms with Crippen molar-refractivity contribution in [2.45, 2.75) is 38.5 Å². The van der Waals surface area contributed by atoms with Gasteiger partial charge in [0.1, 0.15) is 0 Å². The summed E-state index contributed by atoms with van der Waals surface area (Å²) in [4.78, 5) is 0. The Morgan fingerprint density at radius 3 is 1.23 bits per heavy atom. The van der Waals surface area contributed by atoms with Crippen LogP contribution in [0.1, 0.15) is 38.8 Å². The van der Waals surface area contributed by atoms with E-state index < -0.39 is 0 Å². The predicted molar refractivity (Wildman–Crippen MR) is 95.1 cm³/mol. The quantitative estimate of drug-likeness (QED) is 0.623. The van der Waals surface area contributed by atoms with Crippen LogP contribution in [0.4, 0.5) is 0 Å². The molecule has 2 rings (SSSR count). The van der Waals surface area contributed by atoms with E-state index in [0.717, 1.165) is 0 Å². The van der Waals surface area contributed by atoms with Crippen LogP contribution in [0.25, 0.3) is 0 Å². The lowest BCUT2D eigenvalue weighted by Gasteiger charge is -2.19. The third-order valence-electron chi connectivity index (χ3n) is 3.98. The van der Waals surface area contributed by atoms with Crippen molar-refractivity contribution in [3.63, 3.8) is 0 Å². The Labute approximate surface area is 134 Å². The third kappa shape index (κ3) is 4.12. The minimum atomic E-state index is -0.0427. The third-order valence-corrected chi connectivity index (χ3v) is 3.98. The molecule has 0 N–H and O–H groups in total. The van der Waals surface area contributed by atoms with E-state index in [9.17, 15) is 0 Å². The van der Waals surface area contributed by atoms with Crippen LogP contribution in [0.5, 0.6) is 0 Å². The number of rotatable bonds is 4. The van der Waals surface area contributed by atoms with E-state index in [4.69, 9.17) is 0 Å². The maximum atomic E-state index is 3.22. The fourth-order valence-corrected chi connectivity index (χ4v) is 2.35. The first kappa shape index (κ1) is 16.1. The van der Waals surface area contributed by atoms with E-state index in [2.05, 4.69) is 99.8 Å². The molecule has 0 amide bonds. The van der Waals surface area contributed by atoms with Gasteiger partial charge in [-0.3, -0.25) is 0 Å². The molecule has 2 aromatic carbocycles. The summed E-state index contributed by atoms with van der Waals surface area (Å²) < 4.78 is 0. The van der Waals surface area contributed by atoms with Crippen molar-refractivity contribution < 1.29 is 0 Å². The summed E-state index contributed by atoms with van der Waals surface area (Å²) in [7, 11) is 0. The highest BCUT2D eigenvalue weighted by molar-refractivity contribution is 5.30. The molecule has 0 aromatic heterocycles. The van der Waals surface area contributed by atoms with Crippen LogP contribution < -0.4 is 0 Å². The van der Waals surface area contributed by atoms with E-state index in [1.165, 1.54) is 11.1 Å². The lowest BCUT2D eigenvalue weighted by molar-refractivity contribution is 0.667. The van der Waals surface area contributed by atoms with Crippen molar-refractivity contribution in [2.24, 2.45) is 0 Å². The predicted octanol–water partition coefficient (Wildman–Crippen LogP) is 5.81. The van der Waals surface area contributed by atoms with Gasteiger partial charge in [0.05, 0.1) is 0 Å². The second kappa shape index (κ2) is 6.67. The maximum Gasteiger partial charge on any atom is 0.0157 e. The second-order valence-corrected chi connectivity index (χ2v) is 6.75. The van der Waals surface area contributed by atoms with Crippen LogP contribution >= 0.6 is 0 Å². The van der Waals surface area contributed by atoms with Crippen molar-refractivity contribution in [3.8, 4) is 0 Å². The molecule has 0 aliphatic rings. The molecule has 0 fully saturated rings. The van der Waals surface area contributed by atoms with Gasteiger partial charge in [-0.25, -0.2) is 0 Å². The van der Waals surface area contributed by atoms with Gasteiger partial charge in [0.25, 0.3) is 0 Å². The van der Waals surface area contributed by atoms with Crippen LogP contribution in [0.3, 0.4) is 0 Å². The lowest BCUT2D eigenvalue weighted by atomic mass is 9.84. The molecule has 0 saturated heterocycles. The summed E-state index contributed by atoms with van der Waals surface area (Å²) in [6.07, 6.45) is 4.17. The minimum Gasteiger partial charge on any atom is -0.0740 e. The topological polar surface area (TPSA) is 0 Å². The molecule has 0 atom stereocenters. The normalized spacial score (nSPS) is 11.3. The van der Waals surface area contributed by atoms with Gasteiger partial charge in [0.15, 0.2) is 0 Å². The van der Waals surface area contributed by atoms with Gasteiger partial charge in [-0.15, -0.1) is 0 Å². The van der Waals surface area contributed by atoms with Gasteiger partial charge in [-0.2, -0.15) is 0 Å². The van der Waals surface area contributed by atoms with Gasteiger partial charge < -0.3 is 0 Å². The molecule has 22 heavy (non-hydrogen) atoms. The number of hydrogen-bond donors (Lipinski definition) is 0. The summed E-state index contributed by atoms with van der Waals surface area (Å²) in [6.45, 7) is 8.78. The molecule has 0 aliphatic carbocycles. The first-order valence-corrected chi connectivity index (χ1v) is 7.73. The molecule has 0 aliphatic heterocycles. The Kier molecular flexibility index (Phi) is 4.88. The smallest absolute Gasteiger partial charge is 0.0157 e. The average Bonchev–Trinajstić information content (AvgIpc) is 2.53. The van der Waals surface area contributed by atoms with Gasteiger partial charge >= 0.3 is 0 Å². The van der Waals surface area contributed by atoms with E-state index in [-0.39, 0.29) is 10.8 Å². The highest BCUT2D eigenvalue weighted by atomic mass is 14.2. The zero-order chi connectivity index (χ0) is 16.1. The molecule has 0 nitrogen and oxygen atoms in total. The molecule has 2 aromatic rings. The van der Waals surface area contributed by atoms with Gasteiger partial charge in [0, 0.05) is 10.8 Å². The highest BCUT2D eigenvalue weighted by Gasteiger charge is 2.17. The van der Waals surface area contributed by atoms with Crippen molar-refractivity contribution >= 4 is 0 Å². The van der Waals surface area contributed by atoms with Gasteiger partial charge in [-0.05, 0) is 23.3 Å². The lowest BCUT2D eigenvalue weighted by Crippen LogP contribution is -2.13. The van der Waals surface area contributed by atoms with E-state index in [1.807, 2.05) is 12.1 Å². The van der Waals surface area contributed by atoms with Crippen molar-refractivity contribution in [1.82, 2.24) is 0 Å². The summed E-state index contributed by atoms with van der Waals surface area (Å²) in [5.74, 6) is 0. The maximum absolute atomic E-state index is 3.22. The largest absolute Gasteiger partial charge is 0.0740 e. The van der Waals surface area contributed by atoms with Crippen LogP contribution in [-0.2, 0) is 10.8 Å². The average molecular weight is 288 g/mol. The van der Waals surface area contributed by atoms with Gasteiger partial charge in [0.2, 0.25) is 0 Å².